The predicted molar refractivity (Wildman–Crippen MR) is 133 cm³/mol. The van der Waals surface area contributed by atoms with Crippen molar-refractivity contribution in [3.63, 3.8) is 0 Å². The van der Waals surface area contributed by atoms with Gasteiger partial charge in [-0.2, -0.15) is 0 Å². The van der Waals surface area contributed by atoms with Gasteiger partial charge in [-0.25, -0.2) is 23.2 Å². The summed E-state index contributed by atoms with van der Waals surface area (Å²) < 4.78 is 47.3. The Morgan fingerprint density at radius 1 is 1.10 bits per heavy atom. The number of pyridine rings is 1. The first-order valence-electron chi connectivity index (χ1n) is 12.5. The lowest BCUT2D eigenvalue weighted by atomic mass is 9.91. The first-order chi connectivity index (χ1) is 18.6. The van der Waals surface area contributed by atoms with E-state index in [1.165, 1.54) is 18.8 Å². The maximum Gasteiger partial charge on any atom is 0.511 e. The number of methoxy groups -OCH3 is 2. The number of likely N-dealkylation sites (tertiary alicyclic amines) is 1. The van der Waals surface area contributed by atoms with Crippen LogP contribution in [0.4, 0.5) is 19.3 Å². The van der Waals surface area contributed by atoms with Crippen LogP contribution in [-0.4, -0.2) is 72.6 Å². The number of carbonyl (C=O) groups is 3. The van der Waals surface area contributed by atoms with Crippen molar-refractivity contribution in [2.45, 2.75) is 37.8 Å². The molecule has 5 rings (SSSR count). The Bertz CT molecular complexity index is 1450. The summed E-state index contributed by atoms with van der Waals surface area (Å²) in [6, 6.07) is 0.389. The fourth-order valence-corrected chi connectivity index (χ4v) is 5.70. The van der Waals surface area contributed by atoms with E-state index in [9.17, 15) is 19.2 Å². The molecule has 39 heavy (non-hydrogen) atoms. The van der Waals surface area contributed by atoms with Gasteiger partial charge in [-0.1, -0.05) is 0 Å². The summed E-state index contributed by atoms with van der Waals surface area (Å²) in [5.74, 6) is -3.96. The average Bonchev–Trinajstić information content (AvgIpc) is 3.66. The average molecular weight is 548 g/mol. The lowest BCUT2D eigenvalue weighted by Crippen LogP contribution is -2.46. The highest BCUT2D eigenvalue weighted by molar-refractivity contribution is 5.96. The lowest BCUT2D eigenvalue weighted by molar-refractivity contribution is -0.140. The Morgan fingerprint density at radius 3 is 2.49 bits per heavy atom. The molecule has 2 saturated heterocycles. The Morgan fingerprint density at radius 2 is 1.85 bits per heavy atom. The van der Waals surface area contributed by atoms with Gasteiger partial charge in [0.15, 0.2) is 11.6 Å². The van der Waals surface area contributed by atoms with E-state index >= 15 is 8.78 Å². The number of hydrogen-bond acceptors (Lipinski definition) is 9. The molecule has 1 aromatic heterocycles. The molecular formula is C26H27F2N3O8. The predicted octanol–water partition coefficient (Wildman–Crippen LogP) is 2.80. The van der Waals surface area contributed by atoms with Crippen LogP contribution < -0.4 is 15.1 Å². The van der Waals surface area contributed by atoms with Crippen molar-refractivity contribution < 1.29 is 42.5 Å². The van der Waals surface area contributed by atoms with Crippen LogP contribution in [-0.2, 0) is 19.1 Å². The fraction of sp³-hybridized carbons (Fsp3) is 0.462. The van der Waals surface area contributed by atoms with Crippen LogP contribution in [0.15, 0.2) is 28.8 Å². The summed E-state index contributed by atoms with van der Waals surface area (Å²) in [5.41, 5.74) is -1.35. The molecule has 1 N–H and O–H groups in total. The molecular weight excluding hydrogens is 520 g/mol. The molecule has 0 unspecified atom stereocenters. The minimum Gasteiger partial charge on any atom is -0.466 e. The highest BCUT2D eigenvalue weighted by atomic mass is 19.1. The number of halogens is 2. The second-order valence-corrected chi connectivity index (χ2v) is 9.86. The highest BCUT2D eigenvalue weighted by Crippen LogP contribution is 2.42. The van der Waals surface area contributed by atoms with Crippen molar-refractivity contribution in [3.8, 4) is 5.75 Å². The van der Waals surface area contributed by atoms with Crippen LogP contribution in [0.5, 0.6) is 5.75 Å². The normalized spacial score (nSPS) is 21.1. The van der Waals surface area contributed by atoms with E-state index in [2.05, 4.69) is 9.47 Å². The van der Waals surface area contributed by atoms with Crippen LogP contribution in [0.3, 0.4) is 0 Å². The van der Waals surface area contributed by atoms with Crippen molar-refractivity contribution in [3.05, 3.63) is 45.9 Å². The van der Waals surface area contributed by atoms with Crippen molar-refractivity contribution >= 4 is 34.7 Å². The van der Waals surface area contributed by atoms with Crippen LogP contribution >= 0.6 is 0 Å². The van der Waals surface area contributed by atoms with Gasteiger partial charge in [-0.15, -0.1) is 0 Å². The zero-order chi connectivity index (χ0) is 28.0. The molecule has 1 saturated carbocycles. The minimum atomic E-state index is -1.71. The van der Waals surface area contributed by atoms with Crippen LogP contribution in [0, 0.1) is 17.6 Å². The van der Waals surface area contributed by atoms with Gasteiger partial charge in [0.2, 0.25) is 5.43 Å². The number of nitrogens with zero attached hydrogens (tertiary/aromatic N) is 3. The molecule has 3 fully saturated rings. The Kier molecular flexibility index (Phi) is 6.91. The van der Waals surface area contributed by atoms with Crippen molar-refractivity contribution in [2.24, 2.45) is 5.92 Å². The number of rotatable bonds is 6. The van der Waals surface area contributed by atoms with Crippen LogP contribution in [0.2, 0.25) is 0 Å². The van der Waals surface area contributed by atoms with Crippen molar-refractivity contribution in [1.29, 1.82) is 0 Å². The summed E-state index contributed by atoms with van der Waals surface area (Å²) in [7, 11) is 2.38. The van der Waals surface area contributed by atoms with Gasteiger partial charge in [0.05, 0.1) is 43.4 Å². The van der Waals surface area contributed by atoms with Crippen molar-refractivity contribution in [2.75, 3.05) is 38.8 Å². The van der Waals surface area contributed by atoms with E-state index in [4.69, 9.17) is 9.84 Å². The molecule has 3 aliphatic rings. The molecule has 0 radical (unpaired) electrons. The molecule has 2 atom stereocenters. The summed E-state index contributed by atoms with van der Waals surface area (Å²) >= 11 is 0. The number of hydrogen-bond donors (Lipinski definition) is 1. The number of aromatic nitrogens is 1. The van der Waals surface area contributed by atoms with E-state index in [0.717, 1.165) is 24.8 Å². The number of benzene rings is 1. The highest BCUT2D eigenvalue weighted by Gasteiger charge is 2.43. The number of carboxylic acid groups (broad SMARTS) is 1. The zero-order valence-corrected chi connectivity index (χ0v) is 21.3. The standard InChI is InChI=1S/C26H27F2N3O8/c1-37-20(32)9-17(25(34)38-2)30-7-3-4-13-10-29(11-18(13)30)23-16(27)8-15-22(21(23)28)31(14-5-6-14)12-19(24(15)33)39-26(35)36/h8-9,12-14,18H,3-7,10-11H2,1-2H3,(H,35,36)/t13-,18+/m0/s1. The molecule has 1 aromatic carbocycles. The number of fused-ring (bicyclic) bond motifs is 2. The van der Waals surface area contributed by atoms with Crippen molar-refractivity contribution in [1.82, 2.24) is 9.47 Å². The van der Waals surface area contributed by atoms with Gasteiger partial charge in [0.1, 0.15) is 17.2 Å². The second-order valence-electron chi connectivity index (χ2n) is 9.86. The maximum absolute atomic E-state index is 16.2. The number of ether oxygens (including phenoxy) is 3. The van der Waals surface area contributed by atoms with Gasteiger partial charge in [0.25, 0.3) is 0 Å². The molecule has 2 aliphatic heterocycles. The summed E-state index contributed by atoms with van der Waals surface area (Å²) in [6.45, 7) is 0.859. The summed E-state index contributed by atoms with van der Waals surface area (Å²) in [4.78, 5) is 51.7. The third-order valence-electron chi connectivity index (χ3n) is 7.55. The fourth-order valence-electron chi connectivity index (χ4n) is 5.70. The zero-order valence-electron chi connectivity index (χ0n) is 21.3. The number of carbonyl (C=O) groups excluding carboxylic acids is 2. The monoisotopic (exact) mass is 547 g/mol. The van der Waals surface area contributed by atoms with E-state index in [1.807, 2.05) is 0 Å². The molecule has 13 heteroatoms. The molecule has 1 aliphatic carbocycles. The third-order valence-corrected chi connectivity index (χ3v) is 7.55. The van der Waals surface area contributed by atoms with Gasteiger partial charge in [-0.3, -0.25) is 4.79 Å². The largest absolute Gasteiger partial charge is 0.511 e. The number of piperidine rings is 1. The summed E-state index contributed by atoms with van der Waals surface area (Å²) in [6.07, 6.45) is 3.30. The quantitative estimate of drug-likeness (QED) is 0.426. The molecule has 0 amide bonds. The summed E-state index contributed by atoms with van der Waals surface area (Å²) in [5, 5.41) is 8.68. The lowest BCUT2D eigenvalue weighted by Gasteiger charge is -2.38. The van der Waals surface area contributed by atoms with Gasteiger partial charge >= 0.3 is 18.1 Å². The SMILES string of the molecule is COC(=O)C=C(C(=O)OC)N1CCC[C@H]2CN(c3c(F)cc4c(=O)c(OC(=O)O)cn(C5CC5)c4c3F)C[C@H]21. The maximum atomic E-state index is 16.2. The first-order valence-corrected chi connectivity index (χ1v) is 12.5. The van der Waals surface area contributed by atoms with Gasteiger partial charge in [0, 0.05) is 25.7 Å². The van der Waals surface area contributed by atoms with E-state index in [1.54, 1.807) is 9.80 Å². The van der Waals surface area contributed by atoms with Crippen LogP contribution in [0.1, 0.15) is 31.7 Å². The Balaban J connectivity index is 1.56. The van der Waals surface area contributed by atoms with E-state index in [-0.39, 0.29) is 53.4 Å². The third kappa shape index (κ3) is 4.77. The molecule has 0 spiro atoms. The Labute approximate surface area is 221 Å². The second kappa shape index (κ2) is 10.2. The molecule has 2 aromatic rings. The minimum absolute atomic E-state index is 0.00823. The smallest absolute Gasteiger partial charge is 0.466 e. The number of esters is 2. The Hall–Kier alpha value is -4.16. The first kappa shape index (κ1) is 26.4. The van der Waals surface area contributed by atoms with E-state index < -0.39 is 40.9 Å². The number of anilines is 1. The van der Waals surface area contributed by atoms with Crippen LogP contribution in [0.25, 0.3) is 10.9 Å². The topological polar surface area (TPSA) is 128 Å². The van der Waals surface area contributed by atoms with Gasteiger partial charge in [-0.05, 0) is 37.7 Å². The molecule has 208 valence electrons. The molecule has 3 heterocycles. The van der Waals surface area contributed by atoms with E-state index in [0.29, 0.717) is 25.8 Å². The molecule has 0 bridgehead atoms. The molecule has 11 nitrogen and oxygen atoms in total. The van der Waals surface area contributed by atoms with Gasteiger partial charge < -0.3 is 33.7 Å².